The summed E-state index contributed by atoms with van der Waals surface area (Å²) < 4.78 is 0.336. The van der Waals surface area contributed by atoms with Crippen molar-refractivity contribution in [3.8, 4) is 11.5 Å². The average Bonchev–Trinajstić information content (AvgIpc) is 3.38. The number of phenols is 2. The molecule has 0 heterocycles. The quantitative estimate of drug-likeness (QED) is 0.0246. The number of aliphatic imine (C=N–C) groups is 1. The lowest BCUT2D eigenvalue weighted by atomic mass is 9.96. The molecule has 5 aromatic rings. The molecule has 2 unspecified atom stereocenters. The van der Waals surface area contributed by atoms with Crippen LogP contribution in [0.15, 0.2) is 110 Å². The maximum atomic E-state index is 13.6. The monoisotopic (exact) mass is 899 g/mol. The predicted molar refractivity (Wildman–Crippen MR) is 231 cm³/mol. The Morgan fingerprint density at radius 1 is 0.873 bits per heavy atom. The zero-order valence-electron chi connectivity index (χ0n) is 29.1. The molecule has 6 rings (SSSR count). The molecule has 0 saturated heterocycles. The summed E-state index contributed by atoms with van der Waals surface area (Å²) in [6.45, 7) is 0. The first-order valence-corrected chi connectivity index (χ1v) is 19.6. The number of anilines is 2. The Kier molecular flexibility index (Phi) is 13.2. The second kappa shape index (κ2) is 18.4. The Balaban J connectivity index is 1.16. The fourth-order valence-corrected chi connectivity index (χ4v) is 7.70. The molecule has 280 valence electrons. The van der Waals surface area contributed by atoms with Crippen molar-refractivity contribution < 1.29 is 19.8 Å². The normalized spacial score (nSPS) is 14.2. The third kappa shape index (κ3) is 10.3. The highest BCUT2D eigenvalue weighted by molar-refractivity contribution is 9.11. The van der Waals surface area contributed by atoms with E-state index in [1.165, 1.54) is 29.0 Å². The number of hydrazine groups is 1. The van der Waals surface area contributed by atoms with Crippen LogP contribution in [0, 0.1) is 0 Å². The lowest BCUT2D eigenvalue weighted by Gasteiger charge is -2.20. The van der Waals surface area contributed by atoms with Crippen LogP contribution in [0.4, 0.5) is 11.4 Å². The van der Waals surface area contributed by atoms with Gasteiger partial charge >= 0.3 is 0 Å². The largest absolute Gasteiger partial charge is 0.506 e. The molecule has 0 fully saturated rings. The molecule has 11 nitrogen and oxygen atoms in total. The number of rotatable bonds is 10. The third-order valence-electron chi connectivity index (χ3n) is 9.01. The highest BCUT2D eigenvalue weighted by Crippen LogP contribution is 2.40. The van der Waals surface area contributed by atoms with Crippen LogP contribution in [0.25, 0.3) is 10.8 Å². The van der Waals surface area contributed by atoms with Gasteiger partial charge in [-0.1, -0.05) is 60.7 Å². The van der Waals surface area contributed by atoms with Gasteiger partial charge in [0.2, 0.25) is 0 Å². The van der Waals surface area contributed by atoms with Gasteiger partial charge in [-0.25, -0.2) is 10.4 Å². The average molecular weight is 902 g/mol. The highest BCUT2D eigenvalue weighted by atomic mass is 79.9. The molecule has 0 saturated carbocycles. The van der Waals surface area contributed by atoms with E-state index in [1.807, 2.05) is 54.6 Å². The molecule has 2 amide bonds. The van der Waals surface area contributed by atoms with Gasteiger partial charge in [0.15, 0.2) is 11.2 Å². The van der Waals surface area contributed by atoms with E-state index in [9.17, 15) is 19.8 Å². The number of hydrazone groups is 1. The molecule has 55 heavy (non-hydrogen) atoms. The van der Waals surface area contributed by atoms with Crippen LogP contribution in [0.3, 0.4) is 0 Å². The molecule has 0 aromatic heterocycles. The van der Waals surface area contributed by atoms with Crippen LogP contribution in [-0.2, 0) is 28.9 Å². The van der Waals surface area contributed by atoms with Crippen LogP contribution in [0.5, 0.6) is 11.5 Å². The van der Waals surface area contributed by atoms with Gasteiger partial charge in [-0.3, -0.25) is 20.4 Å². The molecule has 0 bridgehead atoms. The molecule has 1 aliphatic rings. The molecular weight excluding hydrogens is 866 g/mol. The molecule has 7 N–H and O–H groups in total. The summed E-state index contributed by atoms with van der Waals surface area (Å²) in [5.41, 5.74) is 13.7. The molecule has 0 radical (unpaired) electrons. The van der Waals surface area contributed by atoms with Crippen molar-refractivity contribution >= 4 is 107 Å². The van der Waals surface area contributed by atoms with Gasteiger partial charge in [-0.15, -0.1) is 0 Å². The summed E-state index contributed by atoms with van der Waals surface area (Å²) in [4.78, 5) is 31.5. The molecule has 15 heteroatoms. The van der Waals surface area contributed by atoms with Gasteiger partial charge in [-0.05, 0) is 152 Å². The molecule has 2 atom stereocenters. The first kappa shape index (κ1) is 39.5. The topological polar surface area (TPSA) is 159 Å². The molecule has 1 aliphatic carbocycles. The second-order valence-corrected chi connectivity index (χ2v) is 15.1. The number of carbonyl (C=O) groups excluding carboxylic acids is 2. The Hall–Kier alpha value is -5.18. The van der Waals surface area contributed by atoms with Gasteiger partial charge in [0.25, 0.3) is 11.8 Å². The van der Waals surface area contributed by atoms with Gasteiger partial charge in [0.05, 0.1) is 21.9 Å². The lowest BCUT2D eigenvalue weighted by Crippen LogP contribution is -2.54. The van der Waals surface area contributed by atoms with Crippen molar-refractivity contribution in [3.05, 3.63) is 128 Å². The van der Waals surface area contributed by atoms with Crippen molar-refractivity contribution in [2.24, 2.45) is 10.1 Å². The van der Waals surface area contributed by atoms with Gasteiger partial charge in [0, 0.05) is 16.9 Å². The number of aryl methyl sites for hydroxylation is 1. The summed E-state index contributed by atoms with van der Waals surface area (Å²) in [5, 5.41) is 35.1. The number of nitrogens with zero attached hydrogens (tertiary/aromatic N) is 2. The van der Waals surface area contributed by atoms with Crippen molar-refractivity contribution in [2.75, 3.05) is 10.6 Å². The van der Waals surface area contributed by atoms with Crippen molar-refractivity contribution in [2.45, 2.75) is 44.2 Å². The summed E-state index contributed by atoms with van der Waals surface area (Å²) in [5.74, 6) is -2.04. The highest BCUT2D eigenvalue weighted by Gasteiger charge is 2.27. The van der Waals surface area contributed by atoms with E-state index < -0.39 is 17.9 Å². The second-order valence-electron chi connectivity index (χ2n) is 12.9. The van der Waals surface area contributed by atoms with E-state index in [2.05, 4.69) is 98.3 Å². The van der Waals surface area contributed by atoms with Crippen molar-refractivity contribution in [3.63, 3.8) is 0 Å². The Labute approximate surface area is 345 Å². The number of hydrogen-bond acceptors (Lipinski definition) is 9. The Morgan fingerprint density at radius 2 is 1.60 bits per heavy atom. The van der Waals surface area contributed by atoms with E-state index in [0.29, 0.717) is 15.8 Å². The minimum absolute atomic E-state index is 0.0452. The van der Waals surface area contributed by atoms with Crippen molar-refractivity contribution in [1.29, 1.82) is 0 Å². The number of benzene rings is 5. The van der Waals surface area contributed by atoms with E-state index in [4.69, 9.17) is 24.4 Å². The number of aromatic hydroxyl groups is 2. The number of carbonyl (C=O) groups is 2. The standard InChI is InChI=1S/C40H35Br2N7O4S2/c41-33-20-29(36(50)34(42)37(33)51)21-44-47-38(52)35(39(53)48-49-40(55)46-30-12-9-24(10-13-30)15-23-5-2-1-3-6-23)45-32-14-11-26-17-27-18-31(43-22-54)8-4-7-25(27)16-28(26)19-32/h1-3,5-6,9-14,16-17,19-21,31,35,45,50-51H,4,7-8,15,18H2,(H,47,52)(H,48,53)(H2,46,49,55)/b44-21+. The van der Waals surface area contributed by atoms with Crippen LogP contribution >= 0.6 is 56.3 Å². The van der Waals surface area contributed by atoms with Gasteiger partial charge < -0.3 is 20.8 Å². The van der Waals surface area contributed by atoms with Crippen molar-refractivity contribution in [1.82, 2.24) is 16.3 Å². The molecule has 5 aromatic carbocycles. The van der Waals surface area contributed by atoms with Crippen LogP contribution in [0.1, 0.15) is 40.7 Å². The van der Waals surface area contributed by atoms with E-state index in [1.54, 1.807) is 6.07 Å². The SMILES string of the molecule is O=C(N/N=C/c1cc(Br)c(O)c(Br)c1O)C(Nc1ccc2cc3c(cc2c1)CCCC(N=C=S)C3)C(=O)NNC(=S)Nc1ccc(Cc2ccccc2)cc1. The summed E-state index contributed by atoms with van der Waals surface area (Å²) >= 11 is 16.6. The summed E-state index contributed by atoms with van der Waals surface area (Å²) in [6.07, 6.45) is 5.57. The maximum Gasteiger partial charge on any atom is 0.272 e. The van der Waals surface area contributed by atoms with Gasteiger partial charge in [-0.2, -0.15) is 5.10 Å². The number of halogens is 2. The number of thiocarbonyl (C=S) groups is 2. The van der Waals surface area contributed by atoms with Crippen LogP contribution < -0.4 is 26.9 Å². The first-order chi connectivity index (χ1) is 26.6. The number of isothiocyanates is 1. The predicted octanol–water partition coefficient (Wildman–Crippen LogP) is 7.67. The Bertz CT molecular complexity index is 2320. The number of nitrogens with one attached hydrogen (secondary N) is 5. The summed E-state index contributed by atoms with van der Waals surface area (Å²) in [7, 11) is 0. The fourth-order valence-electron chi connectivity index (χ4n) is 6.23. The smallest absolute Gasteiger partial charge is 0.272 e. The van der Waals surface area contributed by atoms with Gasteiger partial charge in [0.1, 0.15) is 16.0 Å². The molecular formula is C40H35Br2N7O4S2. The maximum absolute atomic E-state index is 13.6. The van der Waals surface area contributed by atoms with E-state index >= 15 is 0 Å². The number of hydrogen-bond donors (Lipinski definition) is 7. The fraction of sp³-hybridized carbons (Fsp3) is 0.175. The molecule has 0 aliphatic heterocycles. The number of amides is 2. The van der Waals surface area contributed by atoms with E-state index in [0.717, 1.165) is 48.4 Å². The third-order valence-corrected chi connectivity index (χ3v) is 10.7. The first-order valence-electron chi connectivity index (χ1n) is 17.2. The summed E-state index contributed by atoms with van der Waals surface area (Å²) in [6, 6.07) is 27.8. The van der Waals surface area contributed by atoms with Crippen LogP contribution in [0.2, 0.25) is 0 Å². The minimum Gasteiger partial charge on any atom is -0.506 e. The molecule has 0 spiro atoms. The number of fused-ring (bicyclic) bond motifs is 2. The number of phenolic OH excluding ortho intramolecular Hbond substituents is 2. The minimum atomic E-state index is -1.48. The zero-order chi connectivity index (χ0) is 38.9. The van der Waals surface area contributed by atoms with E-state index in [-0.39, 0.29) is 32.7 Å². The lowest BCUT2D eigenvalue weighted by molar-refractivity contribution is -0.130. The Morgan fingerprint density at radius 3 is 2.36 bits per heavy atom. The van der Waals surface area contributed by atoms with Crippen LogP contribution in [-0.4, -0.2) is 50.6 Å². The zero-order valence-corrected chi connectivity index (χ0v) is 33.9.